The normalized spacial score (nSPS) is 17.2. The number of anilines is 1. The first-order chi connectivity index (χ1) is 12.0. The molecule has 2 aromatic carbocycles. The molecule has 3 rings (SSSR count). The third-order valence-corrected chi connectivity index (χ3v) is 3.99. The van der Waals surface area contributed by atoms with E-state index < -0.39 is 24.4 Å². The Labute approximate surface area is 146 Å². The number of carbonyl (C=O) groups excluding carboxylic acids is 1. The fourth-order valence-corrected chi connectivity index (χ4v) is 2.81. The molecule has 0 N–H and O–H groups in total. The van der Waals surface area contributed by atoms with Crippen LogP contribution >= 0.6 is 11.6 Å². The lowest BCUT2D eigenvalue weighted by Crippen LogP contribution is -2.32. The number of alkyl halides is 2. The van der Waals surface area contributed by atoms with Gasteiger partial charge in [-0.15, -0.1) is 0 Å². The highest BCUT2D eigenvalue weighted by atomic mass is 35.5. The molecule has 2 aromatic rings. The van der Waals surface area contributed by atoms with Crippen LogP contribution < -0.4 is 14.4 Å². The van der Waals surface area contributed by atoms with Crippen molar-refractivity contribution in [3.05, 3.63) is 53.3 Å². The highest BCUT2D eigenvalue weighted by Crippen LogP contribution is 2.34. The van der Waals surface area contributed by atoms with E-state index in [-0.39, 0.29) is 28.8 Å². The largest absolute Gasteiger partial charge is 0.479 e. The number of halogens is 4. The highest BCUT2D eigenvalue weighted by Gasteiger charge is 2.36. The van der Waals surface area contributed by atoms with Crippen LogP contribution in [-0.4, -0.2) is 25.2 Å². The van der Waals surface area contributed by atoms with Gasteiger partial charge in [-0.1, -0.05) is 23.7 Å². The topological polar surface area (TPSA) is 38.8 Å². The van der Waals surface area contributed by atoms with Crippen LogP contribution in [0.3, 0.4) is 0 Å². The van der Waals surface area contributed by atoms with Crippen LogP contribution in [-0.2, 0) is 4.79 Å². The molecule has 0 saturated carbocycles. The van der Waals surface area contributed by atoms with Crippen molar-refractivity contribution in [2.75, 3.05) is 11.4 Å². The number of hydrogen-bond donors (Lipinski definition) is 0. The number of ether oxygens (including phenoxy) is 2. The lowest BCUT2D eigenvalue weighted by atomic mass is 10.2. The fourth-order valence-electron chi connectivity index (χ4n) is 2.60. The van der Waals surface area contributed by atoms with Crippen LogP contribution in [0.1, 0.15) is 6.42 Å². The van der Waals surface area contributed by atoms with Crippen molar-refractivity contribution >= 4 is 23.2 Å². The van der Waals surface area contributed by atoms with Crippen LogP contribution in [0, 0.1) is 5.82 Å². The van der Waals surface area contributed by atoms with Crippen molar-refractivity contribution in [3.8, 4) is 11.5 Å². The molecule has 4 nitrogen and oxygen atoms in total. The first-order valence-corrected chi connectivity index (χ1v) is 7.80. The van der Waals surface area contributed by atoms with Crippen molar-refractivity contribution in [1.82, 2.24) is 0 Å². The molecule has 25 heavy (non-hydrogen) atoms. The van der Waals surface area contributed by atoms with Gasteiger partial charge in [-0.05, 0) is 30.3 Å². The maximum Gasteiger partial charge on any atom is 0.387 e. The summed E-state index contributed by atoms with van der Waals surface area (Å²) >= 11 is 5.90. The predicted octanol–water partition coefficient (Wildman–Crippen LogP) is 4.26. The van der Waals surface area contributed by atoms with Crippen molar-refractivity contribution in [2.45, 2.75) is 19.1 Å². The van der Waals surface area contributed by atoms with Crippen molar-refractivity contribution < 1.29 is 27.4 Å². The predicted molar refractivity (Wildman–Crippen MR) is 85.9 cm³/mol. The van der Waals surface area contributed by atoms with Crippen molar-refractivity contribution in [2.24, 2.45) is 0 Å². The summed E-state index contributed by atoms with van der Waals surface area (Å²) in [7, 11) is 0. The SMILES string of the molecule is O=C1[C@H](Oc2ccc(F)cc2Cl)CCN1c1ccccc1OC(F)F. The smallest absolute Gasteiger partial charge is 0.387 e. The lowest BCUT2D eigenvalue weighted by molar-refractivity contribution is -0.123. The quantitative estimate of drug-likeness (QED) is 0.788. The zero-order chi connectivity index (χ0) is 18.0. The molecule has 1 saturated heterocycles. The fraction of sp³-hybridized carbons (Fsp3) is 0.235. The summed E-state index contributed by atoms with van der Waals surface area (Å²) in [6.45, 7) is -2.73. The lowest BCUT2D eigenvalue weighted by Gasteiger charge is -2.20. The van der Waals surface area contributed by atoms with Gasteiger partial charge in [-0.2, -0.15) is 8.78 Å². The summed E-state index contributed by atoms with van der Waals surface area (Å²) in [5.41, 5.74) is 0.240. The van der Waals surface area contributed by atoms with Crippen LogP contribution in [0.15, 0.2) is 42.5 Å². The van der Waals surface area contributed by atoms with Gasteiger partial charge in [0.15, 0.2) is 6.10 Å². The highest BCUT2D eigenvalue weighted by molar-refractivity contribution is 6.32. The molecule has 1 aliphatic heterocycles. The van der Waals surface area contributed by atoms with E-state index in [1.54, 1.807) is 6.07 Å². The van der Waals surface area contributed by atoms with Crippen molar-refractivity contribution in [1.29, 1.82) is 0 Å². The Hall–Kier alpha value is -2.41. The van der Waals surface area contributed by atoms with Gasteiger partial charge < -0.3 is 14.4 Å². The number of rotatable bonds is 5. The molecule has 0 unspecified atom stereocenters. The number of hydrogen-bond acceptors (Lipinski definition) is 3. The Balaban J connectivity index is 1.78. The minimum Gasteiger partial charge on any atom is -0.479 e. The number of carbonyl (C=O) groups is 1. The van der Waals surface area contributed by atoms with Gasteiger partial charge in [-0.3, -0.25) is 4.79 Å². The van der Waals surface area contributed by atoms with Gasteiger partial charge in [0.05, 0.1) is 10.7 Å². The van der Waals surface area contributed by atoms with Gasteiger partial charge in [0.25, 0.3) is 5.91 Å². The van der Waals surface area contributed by atoms with E-state index in [1.165, 1.54) is 35.2 Å². The zero-order valence-corrected chi connectivity index (χ0v) is 13.6. The molecule has 1 atom stereocenters. The van der Waals surface area contributed by atoms with Gasteiger partial charge in [0, 0.05) is 13.0 Å². The molecule has 8 heteroatoms. The average molecular weight is 372 g/mol. The summed E-state index contributed by atoms with van der Waals surface area (Å²) in [4.78, 5) is 13.9. The Morgan fingerprint density at radius 3 is 2.64 bits per heavy atom. The van der Waals surface area contributed by atoms with Crippen LogP contribution in [0.5, 0.6) is 11.5 Å². The summed E-state index contributed by atoms with van der Waals surface area (Å²) in [6.07, 6.45) is -0.516. The molecule has 0 spiro atoms. The zero-order valence-electron chi connectivity index (χ0n) is 12.8. The van der Waals surface area contributed by atoms with Gasteiger partial charge in [0.1, 0.15) is 17.3 Å². The van der Waals surface area contributed by atoms with E-state index in [1.807, 2.05) is 0 Å². The second kappa shape index (κ2) is 7.23. The van der Waals surface area contributed by atoms with E-state index in [4.69, 9.17) is 16.3 Å². The molecule has 1 heterocycles. The number of amides is 1. The first-order valence-electron chi connectivity index (χ1n) is 7.42. The Morgan fingerprint density at radius 2 is 1.92 bits per heavy atom. The Kier molecular flexibility index (Phi) is 5.03. The third kappa shape index (κ3) is 3.82. The molecule has 0 radical (unpaired) electrons. The molecule has 1 amide bonds. The summed E-state index contributed by atoms with van der Waals surface area (Å²) in [5, 5.41) is 0.0488. The van der Waals surface area contributed by atoms with E-state index in [0.717, 1.165) is 6.07 Å². The molecular formula is C17H13ClF3NO3. The van der Waals surface area contributed by atoms with Gasteiger partial charge in [0.2, 0.25) is 0 Å². The number of nitrogens with zero attached hydrogens (tertiary/aromatic N) is 1. The molecule has 1 aliphatic rings. The molecule has 0 aromatic heterocycles. The molecule has 1 fully saturated rings. The van der Waals surface area contributed by atoms with Crippen LogP contribution in [0.4, 0.5) is 18.9 Å². The van der Waals surface area contributed by atoms with Gasteiger partial charge in [-0.25, -0.2) is 4.39 Å². The van der Waals surface area contributed by atoms with Crippen molar-refractivity contribution in [3.63, 3.8) is 0 Å². The summed E-state index contributed by atoms with van der Waals surface area (Å²) in [6, 6.07) is 9.62. The average Bonchev–Trinajstić information content (AvgIpc) is 2.91. The summed E-state index contributed by atoms with van der Waals surface area (Å²) < 4.78 is 48.2. The molecular weight excluding hydrogens is 359 g/mol. The van der Waals surface area contributed by atoms with E-state index in [9.17, 15) is 18.0 Å². The maximum absolute atomic E-state index is 13.1. The van der Waals surface area contributed by atoms with Crippen LogP contribution in [0.2, 0.25) is 5.02 Å². The molecule has 0 aliphatic carbocycles. The minimum absolute atomic E-state index is 0.0488. The molecule has 132 valence electrons. The van der Waals surface area contributed by atoms with E-state index in [2.05, 4.69) is 4.74 Å². The second-order valence-electron chi connectivity index (χ2n) is 5.31. The molecule has 0 bridgehead atoms. The third-order valence-electron chi connectivity index (χ3n) is 3.69. The van der Waals surface area contributed by atoms with E-state index >= 15 is 0 Å². The minimum atomic E-state index is -3.00. The number of benzene rings is 2. The first kappa shape index (κ1) is 17.4. The van der Waals surface area contributed by atoms with Crippen LogP contribution in [0.25, 0.3) is 0 Å². The Bertz CT molecular complexity index is 787. The van der Waals surface area contributed by atoms with Gasteiger partial charge >= 0.3 is 6.61 Å². The van der Waals surface area contributed by atoms with E-state index in [0.29, 0.717) is 6.42 Å². The maximum atomic E-state index is 13.1. The second-order valence-corrected chi connectivity index (χ2v) is 5.71. The number of para-hydroxylation sites is 2. The Morgan fingerprint density at radius 1 is 1.16 bits per heavy atom. The monoisotopic (exact) mass is 371 g/mol. The summed E-state index contributed by atoms with van der Waals surface area (Å²) in [5.74, 6) is -0.841. The standard InChI is InChI=1S/C17H13ClF3NO3/c18-11-9-10(19)5-6-13(11)24-15-7-8-22(16(15)23)12-3-1-2-4-14(12)25-17(20)21/h1-6,9,15,17H,7-8H2/t15-/m1/s1.